The summed E-state index contributed by atoms with van der Waals surface area (Å²) in [5, 5.41) is 3.09. The van der Waals surface area contributed by atoms with Crippen LogP contribution in [-0.4, -0.2) is 30.3 Å². The highest BCUT2D eigenvalue weighted by Gasteiger charge is 2.27. The number of rotatable bonds is 5. The van der Waals surface area contributed by atoms with Crippen molar-refractivity contribution in [2.24, 2.45) is 0 Å². The molecular formula is C22H27NO3. The quantitative estimate of drug-likeness (QED) is 0.877. The molecule has 4 heteroatoms. The van der Waals surface area contributed by atoms with Gasteiger partial charge in [-0.25, -0.2) is 0 Å². The molecule has 2 aromatic rings. The summed E-state index contributed by atoms with van der Waals surface area (Å²) < 4.78 is 11.5. The summed E-state index contributed by atoms with van der Waals surface area (Å²) in [6, 6.07) is 18.2. The molecule has 3 atom stereocenters. The Hall–Kier alpha value is -2.33. The number of benzene rings is 2. The van der Waals surface area contributed by atoms with Crippen LogP contribution >= 0.6 is 0 Å². The summed E-state index contributed by atoms with van der Waals surface area (Å²) in [7, 11) is 0. The maximum absolute atomic E-state index is 12.4. The molecule has 2 aromatic carbocycles. The SMILES string of the molecule is CC1CC(NC(=O)C(C)Oc2ccc(-c3ccccc3)cc2)CC(C)O1. The summed E-state index contributed by atoms with van der Waals surface area (Å²) in [4.78, 5) is 12.4. The van der Waals surface area contributed by atoms with Crippen molar-refractivity contribution < 1.29 is 14.3 Å². The topological polar surface area (TPSA) is 47.6 Å². The van der Waals surface area contributed by atoms with Crippen molar-refractivity contribution in [3.63, 3.8) is 0 Å². The molecule has 1 aliphatic rings. The first-order valence-corrected chi connectivity index (χ1v) is 9.29. The Labute approximate surface area is 155 Å². The number of carbonyl (C=O) groups excluding carboxylic acids is 1. The first kappa shape index (κ1) is 18.5. The fraction of sp³-hybridized carbons (Fsp3) is 0.409. The zero-order valence-corrected chi connectivity index (χ0v) is 15.6. The van der Waals surface area contributed by atoms with E-state index in [0.717, 1.165) is 24.0 Å². The van der Waals surface area contributed by atoms with Crippen molar-refractivity contribution in [2.75, 3.05) is 0 Å². The van der Waals surface area contributed by atoms with Crippen molar-refractivity contribution in [3.8, 4) is 16.9 Å². The average molecular weight is 353 g/mol. The number of nitrogens with one attached hydrogen (secondary N) is 1. The van der Waals surface area contributed by atoms with E-state index in [2.05, 4.69) is 17.4 Å². The van der Waals surface area contributed by atoms with Gasteiger partial charge in [-0.15, -0.1) is 0 Å². The van der Waals surface area contributed by atoms with E-state index in [1.54, 1.807) is 6.92 Å². The normalized spacial score (nSPS) is 23.9. The molecule has 1 fully saturated rings. The lowest BCUT2D eigenvalue weighted by atomic mass is 9.99. The van der Waals surface area contributed by atoms with E-state index in [9.17, 15) is 4.79 Å². The van der Waals surface area contributed by atoms with Gasteiger partial charge in [0.05, 0.1) is 12.2 Å². The van der Waals surface area contributed by atoms with Crippen LogP contribution in [0.3, 0.4) is 0 Å². The molecule has 1 saturated heterocycles. The molecule has 0 radical (unpaired) electrons. The lowest BCUT2D eigenvalue weighted by Gasteiger charge is -2.33. The lowest BCUT2D eigenvalue weighted by molar-refractivity contribution is -0.129. The van der Waals surface area contributed by atoms with Crippen LogP contribution in [0, 0.1) is 0 Å². The molecule has 26 heavy (non-hydrogen) atoms. The molecule has 3 rings (SSSR count). The van der Waals surface area contributed by atoms with Gasteiger partial charge in [0.25, 0.3) is 5.91 Å². The van der Waals surface area contributed by atoms with E-state index >= 15 is 0 Å². The standard InChI is InChI=1S/C22H27NO3/c1-15-13-20(14-16(2)25-15)23-22(24)17(3)26-21-11-9-19(10-12-21)18-7-5-4-6-8-18/h4-12,15-17,20H,13-14H2,1-3H3,(H,23,24). The van der Waals surface area contributed by atoms with Crippen molar-refractivity contribution >= 4 is 5.91 Å². The molecule has 0 saturated carbocycles. The number of ether oxygens (including phenoxy) is 2. The third kappa shape index (κ3) is 4.85. The summed E-state index contributed by atoms with van der Waals surface area (Å²) in [6.45, 7) is 5.87. The van der Waals surface area contributed by atoms with E-state index in [0.29, 0.717) is 5.75 Å². The highest BCUT2D eigenvalue weighted by atomic mass is 16.5. The predicted molar refractivity (Wildman–Crippen MR) is 103 cm³/mol. The van der Waals surface area contributed by atoms with Crippen molar-refractivity contribution in [1.82, 2.24) is 5.32 Å². The molecule has 1 amide bonds. The molecule has 0 aliphatic carbocycles. The van der Waals surface area contributed by atoms with Crippen molar-refractivity contribution in [1.29, 1.82) is 0 Å². The van der Waals surface area contributed by atoms with Crippen LogP contribution in [0.4, 0.5) is 0 Å². The van der Waals surface area contributed by atoms with Crippen molar-refractivity contribution in [2.45, 2.75) is 58.0 Å². The maximum Gasteiger partial charge on any atom is 0.260 e. The smallest absolute Gasteiger partial charge is 0.260 e. The van der Waals surface area contributed by atoms with Gasteiger partial charge < -0.3 is 14.8 Å². The Morgan fingerprint density at radius 1 is 1.00 bits per heavy atom. The fourth-order valence-electron chi connectivity index (χ4n) is 3.46. The minimum Gasteiger partial charge on any atom is -0.481 e. The van der Waals surface area contributed by atoms with E-state index < -0.39 is 6.10 Å². The molecule has 0 aromatic heterocycles. The lowest BCUT2D eigenvalue weighted by Crippen LogP contribution is -2.47. The third-order valence-corrected chi connectivity index (χ3v) is 4.69. The molecule has 1 N–H and O–H groups in total. The Balaban J connectivity index is 1.55. The summed E-state index contributed by atoms with van der Waals surface area (Å²) in [5.41, 5.74) is 2.29. The van der Waals surface area contributed by atoms with E-state index in [-0.39, 0.29) is 24.2 Å². The molecular weight excluding hydrogens is 326 g/mol. The van der Waals surface area contributed by atoms with Crippen LogP contribution < -0.4 is 10.1 Å². The number of carbonyl (C=O) groups is 1. The highest BCUT2D eigenvalue weighted by Crippen LogP contribution is 2.23. The number of amides is 1. The minimum atomic E-state index is -0.536. The Kier molecular flexibility index (Phi) is 5.94. The van der Waals surface area contributed by atoms with Crippen LogP contribution in [0.15, 0.2) is 54.6 Å². The molecule has 1 heterocycles. The molecule has 0 bridgehead atoms. The highest BCUT2D eigenvalue weighted by molar-refractivity contribution is 5.81. The van der Waals surface area contributed by atoms with Gasteiger partial charge in [-0.05, 0) is 56.9 Å². The van der Waals surface area contributed by atoms with Crippen LogP contribution in [-0.2, 0) is 9.53 Å². The Morgan fingerprint density at radius 2 is 1.58 bits per heavy atom. The van der Waals surface area contributed by atoms with Crippen LogP contribution in [0.25, 0.3) is 11.1 Å². The van der Waals surface area contributed by atoms with E-state index in [4.69, 9.17) is 9.47 Å². The fourth-order valence-corrected chi connectivity index (χ4v) is 3.46. The summed E-state index contributed by atoms with van der Waals surface area (Å²) in [5.74, 6) is 0.615. The van der Waals surface area contributed by atoms with Gasteiger partial charge in [0.2, 0.25) is 0 Å². The second-order valence-electron chi connectivity index (χ2n) is 7.08. The third-order valence-electron chi connectivity index (χ3n) is 4.69. The van der Waals surface area contributed by atoms with Crippen LogP contribution in [0.1, 0.15) is 33.6 Å². The maximum atomic E-state index is 12.4. The van der Waals surface area contributed by atoms with Gasteiger partial charge >= 0.3 is 0 Å². The zero-order valence-electron chi connectivity index (χ0n) is 15.6. The van der Waals surface area contributed by atoms with Gasteiger partial charge in [-0.2, -0.15) is 0 Å². The molecule has 138 valence electrons. The first-order valence-electron chi connectivity index (χ1n) is 9.29. The van der Waals surface area contributed by atoms with Gasteiger partial charge in [0.1, 0.15) is 5.75 Å². The van der Waals surface area contributed by atoms with Gasteiger partial charge in [-0.3, -0.25) is 4.79 Å². The van der Waals surface area contributed by atoms with Gasteiger partial charge in [0, 0.05) is 6.04 Å². The molecule has 3 unspecified atom stereocenters. The summed E-state index contributed by atoms with van der Waals surface area (Å²) >= 11 is 0. The summed E-state index contributed by atoms with van der Waals surface area (Å²) in [6.07, 6.45) is 1.49. The average Bonchev–Trinajstić information content (AvgIpc) is 2.62. The van der Waals surface area contributed by atoms with Gasteiger partial charge in [-0.1, -0.05) is 42.5 Å². The number of hydrogen-bond acceptors (Lipinski definition) is 3. The van der Waals surface area contributed by atoms with Crippen LogP contribution in [0.5, 0.6) is 5.75 Å². The second kappa shape index (κ2) is 8.37. The first-order chi connectivity index (χ1) is 12.5. The van der Waals surface area contributed by atoms with E-state index in [1.807, 2.05) is 56.3 Å². The molecule has 1 aliphatic heterocycles. The predicted octanol–water partition coefficient (Wildman–Crippen LogP) is 4.19. The Morgan fingerprint density at radius 3 is 2.19 bits per heavy atom. The zero-order chi connectivity index (χ0) is 18.5. The largest absolute Gasteiger partial charge is 0.481 e. The minimum absolute atomic E-state index is 0.0802. The van der Waals surface area contributed by atoms with Crippen LogP contribution in [0.2, 0.25) is 0 Å². The molecule has 4 nitrogen and oxygen atoms in total. The Bertz CT molecular complexity index is 704. The van der Waals surface area contributed by atoms with Gasteiger partial charge in [0.15, 0.2) is 6.10 Å². The van der Waals surface area contributed by atoms with Crippen molar-refractivity contribution in [3.05, 3.63) is 54.6 Å². The van der Waals surface area contributed by atoms with E-state index in [1.165, 1.54) is 0 Å². The monoisotopic (exact) mass is 353 g/mol. The second-order valence-corrected chi connectivity index (χ2v) is 7.08. The molecule has 0 spiro atoms. The number of hydrogen-bond donors (Lipinski definition) is 1.